The summed E-state index contributed by atoms with van der Waals surface area (Å²) in [5.41, 5.74) is 5.32. The molecule has 17 heavy (non-hydrogen) atoms. The van der Waals surface area contributed by atoms with Crippen LogP contribution in [-0.2, 0) is 7.05 Å². The second-order valence-corrected chi connectivity index (χ2v) is 4.93. The van der Waals surface area contributed by atoms with E-state index in [1.807, 2.05) is 0 Å². The fourth-order valence-electron chi connectivity index (χ4n) is 2.07. The zero-order chi connectivity index (χ0) is 12.4. The molecule has 0 radical (unpaired) electrons. The van der Waals surface area contributed by atoms with Crippen molar-refractivity contribution in [2.24, 2.45) is 7.05 Å². The Morgan fingerprint density at radius 1 is 1.06 bits per heavy atom. The SMILES string of the molecule is Cc1ccccc1-c1cc(C(C)C)cc[n+]1C. The van der Waals surface area contributed by atoms with Gasteiger partial charge in [-0.05, 0) is 30.0 Å². The van der Waals surface area contributed by atoms with E-state index in [1.165, 1.54) is 22.4 Å². The van der Waals surface area contributed by atoms with Crippen molar-refractivity contribution in [3.05, 3.63) is 53.7 Å². The second kappa shape index (κ2) is 4.70. The highest BCUT2D eigenvalue weighted by atomic mass is 14.9. The van der Waals surface area contributed by atoms with Gasteiger partial charge in [-0.3, -0.25) is 0 Å². The topological polar surface area (TPSA) is 3.88 Å². The summed E-state index contributed by atoms with van der Waals surface area (Å²) in [6.07, 6.45) is 2.15. The third-order valence-electron chi connectivity index (χ3n) is 3.26. The van der Waals surface area contributed by atoms with Crippen molar-refractivity contribution in [3.63, 3.8) is 0 Å². The van der Waals surface area contributed by atoms with Crippen LogP contribution in [0.3, 0.4) is 0 Å². The molecule has 0 aliphatic heterocycles. The van der Waals surface area contributed by atoms with Gasteiger partial charge in [0.25, 0.3) is 0 Å². The van der Waals surface area contributed by atoms with Gasteiger partial charge in [-0.1, -0.05) is 32.0 Å². The molecule has 2 aromatic rings. The molecule has 0 saturated heterocycles. The summed E-state index contributed by atoms with van der Waals surface area (Å²) in [5, 5.41) is 0. The number of nitrogens with zero attached hydrogens (tertiary/aromatic N) is 1. The number of hydrogen-bond acceptors (Lipinski definition) is 0. The van der Waals surface area contributed by atoms with Gasteiger partial charge in [0, 0.05) is 17.7 Å². The zero-order valence-corrected chi connectivity index (χ0v) is 11.1. The van der Waals surface area contributed by atoms with Gasteiger partial charge in [0.1, 0.15) is 7.05 Å². The highest BCUT2D eigenvalue weighted by Gasteiger charge is 2.13. The molecule has 1 aromatic heterocycles. The first-order valence-corrected chi connectivity index (χ1v) is 6.15. The van der Waals surface area contributed by atoms with E-state index in [9.17, 15) is 0 Å². The van der Waals surface area contributed by atoms with E-state index >= 15 is 0 Å². The van der Waals surface area contributed by atoms with Gasteiger partial charge in [-0.15, -0.1) is 0 Å². The number of aromatic nitrogens is 1. The molecule has 0 amide bonds. The lowest BCUT2D eigenvalue weighted by Gasteiger charge is -2.08. The highest BCUT2D eigenvalue weighted by Crippen LogP contribution is 2.23. The highest BCUT2D eigenvalue weighted by molar-refractivity contribution is 5.61. The Morgan fingerprint density at radius 3 is 2.41 bits per heavy atom. The lowest BCUT2D eigenvalue weighted by Crippen LogP contribution is -2.30. The molecule has 0 aliphatic rings. The summed E-state index contributed by atoms with van der Waals surface area (Å²) in [4.78, 5) is 0. The van der Waals surface area contributed by atoms with E-state index in [-0.39, 0.29) is 0 Å². The Balaban J connectivity index is 2.59. The van der Waals surface area contributed by atoms with Crippen molar-refractivity contribution in [3.8, 4) is 11.3 Å². The standard InChI is InChI=1S/C16H20N/c1-12(2)14-9-10-17(4)16(11-14)15-8-6-5-7-13(15)3/h5-12H,1-4H3/q+1. The van der Waals surface area contributed by atoms with Crippen LogP contribution in [0, 0.1) is 6.92 Å². The van der Waals surface area contributed by atoms with Gasteiger partial charge in [0.05, 0.1) is 0 Å². The summed E-state index contributed by atoms with van der Waals surface area (Å²) < 4.78 is 2.19. The van der Waals surface area contributed by atoms with Crippen LogP contribution in [0.15, 0.2) is 42.6 Å². The summed E-state index contributed by atoms with van der Waals surface area (Å²) >= 11 is 0. The molecule has 0 aliphatic carbocycles. The monoisotopic (exact) mass is 226 g/mol. The average molecular weight is 226 g/mol. The lowest BCUT2D eigenvalue weighted by atomic mass is 9.99. The first kappa shape index (κ1) is 11.8. The van der Waals surface area contributed by atoms with Crippen molar-refractivity contribution in [1.82, 2.24) is 0 Å². The maximum atomic E-state index is 2.30. The van der Waals surface area contributed by atoms with Gasteiger partial charge in [-0.2, -0.15) is 0 Å². The number of pyridine rings is 1. The minimum atomic E-state index is 0.568. The molecule has 1 heterocycles. The van der Waals surface area contributed by atoms with E-state index in [2.05, 4.69) is 75.0 Å². The number of rotatable bonds is 2. The molecule has 0 bridgehead atoms. The molecular weight excluding hydrogens is 206 g/mol. The normalized spacial score (nSPS) is 10.9. The second-order valence-electron chi connectivity index (χ2n) is 4.93. The zero-order valence-electron chi connectivity index (χ0n) is 11.1. The molecule has 0 fully saturated rings. The van der Waals surface area contributed by atoms with Crippen molar-refractivity contribution in [2.75, 3.05) is 0 Å². The van der Waals surface area contributed by atoms with Crippen LogP contribution in [0.5, 0.6) is 0 Å². The van der Waals surface area contributed by atoms with Crippen LogP contribution in [0.25, 0.3) is 11.3 Å². The maximum absolute atomic E-state index is 2.30. The van der Waals surface area contributed by atoms with E-state index in [0.29, 0.717) is 5.92 Å². The molecule has 0 atom stereocenters. The number of benzene rings is 1. The van der Waals surface area contributed by atoms with Crippen LogP contribution in [0.4, 0.5) is 0 Å². The average Bonchev–Trinajstić information content (AvgIpc) is 2.30. The molecule has 0 saturated carbocycles. The molecule has 1 nitrogen and oxygen atoms in total. The Bertz CT molecular complexity index is 527. The van der Waals surface area contributed by atoms with Crippen LogP contribution >= 0.6 is 0 Å². The largest absolute Gasteiger partial charge is 0.212 e. The summed E-state index contributed by atoms with van der Waals surface area (Å²) in [7, 11) is 2.10. The van der Waals surface area contributed by atoms with E-state index < -0.39 is 0 Å². The third kappa shape index (κ3) is 2.38. The molecule has 88 valence electrons. The van der Waals surface area contributed by atoms with E-state index in [4.69, 9.17) is 0 Å². The van der Waals surface area contributed by atoms with Crippen LogP contribution in [-0.4, -0.2) is 0 Å². The molecule has 2 rings (SSSR count). The van der Waals surface area contributed by atoms with Gasteiger partial charge in [0.2, 0.25) is 5.69 Å². The van der Waals surface area contributed by atoms with Gasteiger partial charge < -0.3 is 0 Å². The number of aryl methyl sites for hydroxylation is 2. The summed E-state index contributed by atoms with van der Waals surface area (Å²) in [6.45, 7) is 6.63. The molecular formula is C16H20N+. The maximum Gasteiger partial charge on any atom is 0.212 e. The fraction of sp³-hybridized carbons (Fsp3) is 0.312. The number of hydrogen-bond donors (Lipinski definition) is 0. The smallest absolute Gasteiger partial charge is 0.201 e. The van der Waals surface area contributed by atoms with Gasteiger partial charge in [0.15, 0.2) is 6.20 Å². The van der Waals surface area contributed by atoms with Crippen molar-refractivity contribution >= 4 is 0 Å². The first-order chi connectivity index (χ1) is 8.09. The fourth-order valence-corrected chi connectivity index (χ4v) is 2.07. The molecule has 1 heteroatoms. The van der Waals surface area contributed by atoms with E-state index in [0.717, 1.165) is 0 Å². The third-order valence-corrected chi connectivity index (χ3v) is 3.26. The quantitative estimate of drug-likeness (QED) is 0.689. The van der Waals surface area contributed by atoms with Crippen LogP contribution < -0.4 is 4.57 Å². The predicted molar refractivity (Wildman–Crippen MR) is 71.9 cm³/mol. The van der Waals surface area contributed by atoms with Gasteiger partial charge in [-0.25, -0.2) is 4.57 Å². The lowest BCUT2D eigenvalue weighted by molar-refractivity contribution is -0.660. The summed E-state index contributed by atoms with van der Waals surface area (Å²) in [5.74, 6) is 0.568. The van der Waals surface area contributed by atoms with Crippen LogP contribution in [0.1, 0.15) is 30.9 Å². The molecule has 0 unspecified atom stereocenters. The summed E-state index contributed by atoms with van der Waals surface area (Å²) in [6, 6.07) is 13.0. The molecule has 1 aromatic carbocycles. The van der Waals surface area contributed by atoms with Crippen molar-refractivity contribution in [1.29, 1.82) is 0 Å². The first-order valence-electron chi connectivity index (χ1n) is 6.15. The molecule has 0 spiro atoms. The van der Waals surface area contributed by atoms with Crippen molar-refractivity contribution in [2.45, 2.75) is 26.7 Å². The van der Waals surface area contributed by atoms with Gasteiger partial charge >= 0.3 is 0 Å². The molecule has 0 N–H and O–H groups in total. The Kier molecular flexibility index (Phi) is 3.28. The minimum Gasteiger partial charge on any atom is -0.201 e. The Morgan fingerprint density at radius 2 is 1.76 bits per heavy atom. The van der Waals surface area contributed by atoms with Crippen molar-refractivity contribution < 1.29 is 4.57 Å². The van der Waals surface area contributed by atoms with E-state index in [1.54, 1.807) is 0 Å². The Hall–Kier alpha value is -1.63. The predicted octanol–water partition coefficient (Wildman–Crippen LogP) is 3.61. The van der Waals surface area contributed by atoms with Crippen LogP contribution in [0.2, 0.25) is 0 Å². The minimum absolute atomic E-state index is 0.568. The Labute approximate surface area is 104 Å².